The smallest absolute Gasteiger partial charge is 0.280 e. The number of hydrogen-bond donors (Lipinski definition) is 4. The van der Waals surface area contributed by atoms with Gasteiger partial charge in [-0.1, -0.05) is 60.7 Å². The average Bonchev–Trinajstić information content (AvgIpc) is 3.40. The number of guanidine groups is 2. The van der Waals surface area contributed by atoms with Gasteiger partial charge in [0.15, 0.2) is 0 Å². The summed E-state index contributed by atoms with van der Waals surface area (Å²) < 4.78 is 1.66. The van der Waals surface area contributed by atoms with E-state index in [1.54, 1.807) is 0 Å². The Labute approximate surface area is 249 Å². The lowest BCUT2D eigenvalue weighted by Crippen LogP contribution is -2.44. The molecule has 0 radical (unpaired) electrons. The number of allylic oxidation sites excluding steroid dienone is 2. The number of nitrogens with one attached hydrogen (secondary N) is 4. The molecule has 2 atom stereocenters. The van der Waals surface area contributed by atoms with Gasteiger partial charge in [0, 0.05) is 11.4 Å². The maximum Gasteiger partial charge on any atom is 0.280 e. The second-order valence-electron chi connectivity index (χ2n) is 10.7. The predicted octanol–water partition coefficient (Wildman–Crippen LogP) is 2.21. The van der Waals surface area contributed by atoms with Crippen molar-refractivity contribution in [2.24, 2.45) is 9.98 Å². The minimum Gasteiger partial charge on any atom is -0.329 e. The first-order valence-corrected chi connectivity index (χ1v) is 13.9. The van der Waals surface area contributed by atoms with Crippen LogP contribution in [0.15, 0.2) is 126 Å². The Kier molecular flexibility index (Phi) is 6.31. The van der Waals surface area contributed by atoms with E-state index in [0.29, 0.717) is 0 Å². The van der Waals surface area contributed by atoms with Crippen molar-refractivity contribution >= 4 is 33.5 Å². The van der Waals surface area contributed by atoms with Crippen molar-refractivity contribution < 1.29 is 0 Å². The van der Waals surface area contributed by atoms with Gasteiger partial charge in [-0.2, -0.15) is 9.35 Å². The molecule has 0 spiro atoms. The second-order valence-corrected chi connectivity index (χ2v) is 10.7. The zero-order valence-electron chi connectivity index (χ0n) is 23.7. The Morgan fingerprint density at radius 1 is 0.568 bits per heavy atom. The third-order valence-electron chi connectivity index (χ3n) is 7.59. The molecule has 2 unspecified atom stereocenters. The molecular formula is C32H26N8O4. The summed E-state index contributed by atoms with van der Waals surface area (Å²) in [7, 11) is 0. The van der Waals surface area contributed by atoms with Crippen molar-refractivity contribution in [3.63, 3.8) is 0 Å². The van der Waals surface area contributed by atoms with Gasteiger partial charge >= 0.3 is 0 Å². The zero-order valence-corrected chi connectivity index (χ0v) is 23.7. The topological polar surface area (TPSA) is 151 Å². The minimum atomic E-state index is -0.669. The lowest BCUT2D eigenvalue weighted by molar-refractivity contribution is 0.810. The number of hydrogen-bond acceptors (Lipinski definition) is 10. The highest BCUT2D eigenvalue weighted by atomic mass is 16.2. The molecule has 0 fully saturated rings. The van der Waals surface area contributed by atoms with Crippen molar-refractivity contribution in [1.29, 1.82) is 0 Å². The summed E-state index contributed by atoms with van der Waals surface area (Å²) in [5, 5.41) is 6.09. The Morgan fingerprint density at radius 3 is 1.25 bits per heavy atom. The van der Waals surface area contributed by atoms with Crippen LogP contribution < -0.4 is 43.7 Å². The standard InChI is InChI=1S/C32H26N8O4/c1-17-13-25(19-9-5-3-6-10-19)35-31(33-17)37-39-27(41)21-15-23-24(16-22(21)28(39)42)30(44)40(29(23)43)38-32-34-18(2)14-26(36-32)20-11-7-4-8-12-20/h3-16,25-26H,1-2H3,(H2,33,35,37)(H2,34,36,38). The molecule has 0 aliphatic carbocycles. The van der Waals surface area contributed by atoms with Gasteiger partial charge < -0.3 is 10.6 Å². The fourth-order valence-electron chi connectivity index (χ4n) is 5.49. The third kappa shape index (κ3) is 4.58. The van der Waals surface area contributed by atoms with Crippen LogP contribution in [0.25, 0.3) is 21.5 Å². The van der Waals surface area contributed by atoms with Gasteiger partial charge in [-0.3, -0.25) is 30.0 Å². The Balaban J connectivity index is 1.23. The summed E-state index contributed by atoms with van der Waals surface area (Å²) in [6, 6.07) is 21.1. The number of benzene rings is 3. The Morgan fingerprint density at radius 2 is 0.909 bits per heavy atom. The van der Waals surface area contributed by atoms with Gasteiger partial charge in [0.25, 0.3) is 22.2 Å². The number of aromatic nitrogens is 2. The van der Waals surface area contributed by atoms with Crippen LogP contribution in [-0.2, 0) is 0 Å². The maximum absolute atomic E-state index is 13.4. The molecule has 2 aliphatic rings. The first-order valence-electron chi connectivity index (χ1n) is 13.9. The van der Waals surface area contributed by atoms with Crippen LogP contribution in [0.3, 0.4) is 0 Å². The van der Waals surface area contributed by atoms with E-state index < -0.39 is 22.2 Å². The molecular weight excluding hydrogens is 560 g/mol. The van der Waals surface area contributed by atoms with E-state index in [0.717, 1.165) is 31.9 Å². The second kappa shape index (κ2) is 10.3. The van der Waals surface area contributed by atoms with Gasteiger partial charge in [-0.25, -0.2) is 9.98 Å². The van der Waals surface area contributed by atoms with E-state index in [2.05, 4.69) is 31.5 Å². The summed E-state index contributed by atoms with van der Waals surface area (Å²) in [6.45, 7) is 3.70. The molecule has 218 valence electrons. The van der Waals surface area contributed by atoms with Gasteiger partial charge in [0.05, 0.1) is 33.6 Å². The average molecular weight is 587 g/mol. The predicted molar refractivity (Wildman–Crippen MR) is 171 cm³/mol. The largest absolute Gasteiger partial charge is 0.329 e. The van der Waals surface area contributed by atoms with Crippen molar-refractivity contribution in [2.75, 3.05) is 10.9 Å². The van der Waals surface area contributed by atoms with E-state index >= 15 is 0 Å². The van der Waals surface area contributed by atoms with E-state index in [-0.39, 0.29) is 45.5 Å². The van der Waals surface area contributed by atoms with E-state index in [1.807, 2.05) is 86.7 Å². The monoisotopic (exact) mass is 586 g/mol. The molecule has 12 nitrogen and oxygen atoms in total. The lowest BCUT2D eigenvalue weighted by atomic mass is 10.1. The summed E-state index contributed by atoms with van der Waals surface area (Å²) >= 11 is 0. The molecule has 2 aliphatic heterocycles. The van der Waals surface area contributed by atoms with Crippen LogP contribution in [0, 0.1) is 0 Å². The summed E-state index contributed by atoms with van der Waals surface area (Å²) in [6.07, 6.45) is 3.86. The third-order valence-corrected chi connectivity index (χ3v) is 7.59. The van der Waals surface area contributed by atoms with Crippen molar-refractivity contribution in [2.45, 2.75) is 25.9 Å². The number of fused-ring (bicyclic) bond motifs is 2. The fraction of sp³-hybridized carbons (Fsp3) is 0.125. The molecule has 3 aromatic carbocycles. The van der Waals surface area contributed by atoms with E-state index in [4.69, 9.17) is 0 Å². The molecule has 5 aromatic rings. The highest BCUT2D eigenvalue weighted by Crippen LogP contribution is 2.23. The van der Waals surface area contributed by atoms with Crippen molar-refractivity contribution in [3.05, 3.63) is 149 Å². The lowest BCUT2D eigenvalue weighted by Gasteiger charge is -2.21. The normalized spacial score (nSPS) is 18.1. The quantitative estimate of drug-likeness (QED) is 0.250. The van der Waals surface area contributed by atoms with Crippen LogP contribution in [0.2, 0.25) is 0 Å². The molecule has 7 rings (SSSR count). The first-order chi connectivity index (χ1) is 21.3. The summed E-state index contributed by atoms with van der Waals surface area (Å²) in [5.74, 6) is 0.421. The van der Waals surface area contributed by atoms with Crippen molar-refractivity contribution in [1.82, 2.24) is 20.0 Å². The fourth-order valence-corrected chi connectivity index (χ4v) is 5.49. The molecule has 12 heteroatoms. The van der Waals surface area contributed by atoms with Crippen LogP contribution in [-0.4, -0.2) is 21.3 Å². The molecule has 0 saturated carbocycles. The molecule has 4 heterocycles. The molecule has 44 heavy (non-hydrogen) atoms. The summed E-state index contributed by atoms with van der Waals surface area (Å²) in [5.41, 5.74) is 6.35. The SMILES string of the molecule is CC1=CC(c2ccccc2)N=C(Nn2c(=O)c3cc4c(=O)n(NC5=NC(c6ccccc6)C=C(C)N5)c(=O)c4cc3c2=O)N1. The molecule has 4 N–H and O–H groups in total. The molecule has 0 saturated heterocycles. The van der Waals surface area contributed by atoms with E-state index in [9.17, 15) is 19.2 Å². The van der Waals surface area contributed by atoms with Gasteiger partial charge in [0.2, 0.25) is 11.9 Å². The molecule has 2 aromatic heterocycles. The zero-order chi connectivity index (χ0) is 30.5. The Hall–Kier alpha value is -6.04. The first kappa shape index (κ1) is 26.8. The van der Waals surface area contributed by atoms with Crippen LogP contribution in [0.5, 0.6) is 0 Å². The number of rotatable bonds is 4. The van der Waals surface area contributed by atoms with Gasteiger partial charge in [-0.15, -0.1) is 0 Å². The highest BCUT2D eigenvalue weighted by Gasteiger charge is 2.23. The minimum absolute atomic E-state index is 0.00332. The van der Waals surface area contributed by atoms with Crippen LogP contribution in [0.1, 0.15) is 37.1 Å². The summed E-state index contributed by atoms with van der Waals surface area (Å²) in [4.78, 5) is 62.8. The number of nitrogens with zero attached hydrogens (tertiary/aromatic N) is 4. The Bertz CT molecular complexity index is 2050. The van der Waals surface area contributed by atoms with Crippen LogP contribution >= 0.6 is 0 Å². The molecule has 0 bridgehead atoms. The van der Waals surface area contributed by atoms with Crippen molar-refractivity contribution in [3.8, 4) is 0 Å². The molecule has 0 amide bonds. The van der Waals surface area contributed by atoms with Gasteiger partial charge in [-0.05, 0) is 49.3 Å². The van der Waals surface area contributed by atoms with E-state index in [1.165, 1.54) is 12.1 Å². The van der Waals surface area contributed by atoms with Gasteiger partial charge in [0.1, 0.15) is 0 Å². The number of aliphatic imine (C=N–C) groups is 2. The highest BCUT2D eigenvalue weighted by molar-refractivity contribution is 5.99. The van der Waals surface area contributed by atoms with Crippen LogP contribution in [0.4, 0.5) is 0 Å². The maximum atomic E-state index is 13.4.